The molecular formula is C15H32. The molecule has 0 nitrogen and oxygen atoms in total. The predicted molar refractivity (Wildman–Crippen MR) is 71.1 cm³/mol. The third kappa shape index (κ3) is 4.57. The van der Waals surface area contributed by atoms with Crippen LogP contribution in [0.25, 0.3) is 0 Å². The van der Waals surface area contributed by atoms with E-state index in [4.69, 9.17) is 0 Å². The van der Waals surface area contributed by atoms with Crippen LogP contribution >= 0.6 is 0 Å². The second-order valence-corrected chi connectivity index (χ2v) is 6.16. The topological polar surface area (TPSA) is 0 Å². The van der Waals surface area contributed by atoms with Crippen LogP contribution in [0.15, 0.2) is 0 Å². The van der Waals surface area contributed by atoms with Gasteiger partial charge in [0.15, 0.2) is 0 Å². The lowest BCUT2D eigenvalue weighted by Gasteiger charge is -2.42. The zero-order chi connectivity index (χ0) is 12.1. The molecule has 92 valence electrons. The van der Waals surface area contributed by atoms with E-state index in [0.717, 1.165) is 17.8 Å². The van der Waals surface area contributed by atoms with Crippen LogP contribution in [0.4, 0.5) is 0 Å². The molecule has 2 atom stereocenters. The molecule has 0 aromatic rings. The minimum Gasteiger partial charge on any atom is -0.0683 e. The highest BCUT2D eigenvalue weighted by molar-refractivity contribution is 4.85. The van der Waals surface area contributed by atoms with Gasteiger partial charge in [0, 0.05) is 0 Å². The van der Waals surface area contributed by atoms with Gasteiger partial charge in [-0.1, -0.05) is 61.3 Å². The summed E-state index contributed by atoms with van der Waals surface area (Å²) in [7, 11) is 0. The summed E-state index contributed by atoms with van der Waals surface area (Å²) < 4.78 is 0. The largest absolute Gasteiger partial charge is 0.0683 e. The highest BCUT2D eigenvalue weighted by atomic mass is 14.4. The molecule has 0 heterocycles. The third-order valence-electron chi connectivity index (χ3n) is 3.79. The van der Waals surface area contributed by atoms with Gasteiger partial charge in [-0.15, -0.1) is 0 Å². The van der Waals surface area contributed by atoms with E-state index in [0.29, 0.717) is 5.41 Å². The van der Waals surface area contributed by atoms with Gasteiger partial charge in [0.25, 0.3) is 0 Å². The van der Waals surface area contributed by atoms with Crippen LogP contribution in [-0.2, 0) is 0 Å². The van der Waals surface area contributed by atoms with Gasteiger partial charge in [-0.2, -0.15) is 0 Å². The van der Waals surface area contributed by atoms with E-state index in [-0.39, 0.29) is 0 Å². The molecule has 1 fully saturated rings. The Morgan fingerprint density at radius 1 is 0.933 bits per heavy atom. The first-order chi connectivity index (χ1) is 6.93. The zero-order valence-corrected chi connectivity index (χ0v) is 12.1. The van der Waals surface area contributed by atoms with Crippen molar-refractivity contribution in [3.63, 3.8) is 0 Å². The normalized spacial score (nSPS) is 27.2. The molecule has 0 aromatic heterocycles. The quantitative estimate of drug-likeness (QED) is 0.537. The molecule has 15 heavy (non-hydrogen) atoms. The maximum Gasteiger partial charge on any atom is -0.0335 e. The predicted octanol–water partition coefficient (Wildman–Crippen LogP) is 5.52. The van der Waals surface area contributed by atoms with Crippen molar-refractivity contribution in [2.24, 2.45) is 23.2 Å². The van der Waals surface area contributed by atoms with E-state index in [1.54, 1.807) is 0 Å². The van der Waals surface area contributed by atoms with E-state index in [2.05, 4.69) is 34.6 Å². The van der Waals surface area contributed by atoms with Crippen LogP contribution in [0.2, 0.25) is 0 Å². The maximum atomic E-state index is 2.42. The van der Waals surface area contributed by atoms with Crippen molar-refractivity contribution in [1.82, 2.24) is 0 Å². The lowest BCUT2D eigenvalue weighted by Crippen LogP contribution is -2.33. The fourth-order valence-corrected chi connectivity index (χ4v) is 3.03. The first kappa shape index (κ1) is 15.0. The van der Waals surface area contributed by atoms with Crippen molar-refractivity contribution in [1.29, 1.82) is 0 Å². The van der Waals surface area contributed by atoms with Gasteiger partial charge in [0.2, 0.25) is 0 Å². The number of rotatable bonds is 1. The lowest BCUT2D eigenvalue weighted by molar-refractivity contribution is 0.0769. The van der Waals surface area contributed by atoms with Gasteiger partial charge in [0.1, 0.15) is 0 Å². The van der Waals surface area contributed by atoms with Crippen molar-refractivity contribution < 1.29 is 0 Å². The van der Waals surface area contributed by atoms with E-state index in [1.807, 2.05) is 13.8 Å². The third-order valence-corrected chi connectivity index (χ3v) is 3.79. The molecule has 1 aliphatic rings. The number of hydrogen-bond donors (Lipinski definition) is 0. The summed E-state index contributed by atoms with van der Waals surface area (Å²) >= 11 is 0. The van der Waals surface area contributed by atoms with Crippen LogP contribution in [0, 0.1) is 23.2 Å². The Labute approximate surface area is 97.8 Å². The second-order valence-electron chi connectivity index (χ2n) is 6.16. The van der Waals surface area contributed by atoms with E-state index >= 15 is 0 Å². The Kier molecular flexibility index (Phi) is 6.55. The molecule has 0 bridgehead atoms. The van der Waals surface area contributed by atoms with Gasteiger partial charge in [0.05, 0.1) is 0 Å². The Morgan fingerprint density at radius 3 is 1.73 bits per heavy atom. The SMILES string of the molecule is CC.CC(C)C1CCCCC1C(C)(C)C. The summed E-state index contributed by atoms with van der Waals surface area (Å²) in [6.45, 7) is 16.0. The summed E-state index contributed by atoms with van der Waals surface area (Å²) in [5, 5.41) is 0. The Morgan fingerprint density at radius 2 is 1.40 bits per heavy atom. The van der Waals surface area contributed by atoms with E-state index in [9.17, 15) is 0 Å². The summed E-state index contributed by atoms with van der Waals surface area (Å²) in [5.74, 6) is 2.82. The van der Waals surface area contributed by atoms with Crippen molar-refractivity contribution in [2.75, 3.05) is 0 Å². The summed E-state index contributed by atoms with van der Waals surface area (Å²) in [6.07, 6.45) is 5.87. The smallest absolute Gasteiger partial charge is 0.0335 e. The van der Waals surface area contributed by atoms with Gasteiger partial charge in [-0.05, 0) is 36.0 Å². The molecule has 1 saturated carbocycles. The van der Waals surface area contributed by atoms with Crippen LogP contribution in [-0.4, -0.2) is 0 Å². The van der Waals surface area contributed by atoms with Gasteiger partial charge >= 0.3 is 0 Å². The molecule has 0 N–H and O–H groups in total. The summed E-state index contributed by atoms with van der Waals surface area (Å²) in [6, 6.07) is 0. The second kappa shape index (κ2) is 6.55. The van der Waals surface area contributed by atoms with Crippen LogP contribution in [0.1, 0.15) is 74.1 Å². The van der Waals surface area contributed by atoms with Crippen LogP contribution < -0.4 is 0 Å². The Hall–Kier alpha value is 0. The molecule has 0 amide bonds. The first-order valence-corrected chi connectivity index (χ1v) is 6.93. The highest BCUT2D eigenvalue weighted by Gasteiger charge is 2.35. The summed E-state index contributed by atoms with van der Waals surface area (Å²) in [5.41, 5.74) is 0.523. The van der Waals surface area contributed by atoms with E-state index in [1.165, 1.54) is 25.7 Å². The zero-order valence-electron chi connectivity index (χ0n) is 12.1. The van der Waals surface area contributed by atoms with Gasteiger partial charge < -0.3 is 0 Å². The molecule has 0 aromatic carbocycles. The van der Waals surface area contributed by atoms with Crippen LogP contribution in [0.5, 0.6) is 0 Å². The fraction of sp³-hybridized carbons (Fsp3) is 1.00. The van der Waals surface area contributed by atoms with Gasteiger partial charge in [-0.3, -0.25) is 0 Å². The number of hydrogen-bond acceptors (Lipinski definition) is 0. The van der Waals surface area contributed by atoms with Crippen molar-refractivity contribution in [3.8, 4) is 0 Å². The molecule has 0 aliphatic heterocycles. The molecule has 1 aliphatic carbocycles. The van der Waals surface area contributed by atoms with Crippen molar-refractivity contribution >= 4 is 0 Å². The highest BCUT2D eigenvalue weighted by Crippen LogP contribution is 2.44. The Balaban J connectivity index is 0.000000921. The molecule has 1 rings (SSSR count). The van der Waals surface area contributed by atoms with E-state index < -0.39 is 0 Å². The minimum atomic E-state index is 0.523. The van der Waals surface area contributed by atoms with Crippen molar-refractivity contribution in [2.45, 2.75) is 74.1 Å². The molecular weight excluding hydrogens is 180 g/mol. The lowest BCUT2D eigenvalue weighted by atomic mass is 9.63. The molecule has 0 heteroatoms. The van der Waals surface area contributed by atoms with Crippen molar-refractivity contribution in [3.05, 3.63) is 0 Å². The average Bonchev–Trinajstić information content (AvgIpc) is 2.19. The maximum absolute atomic E-state index is 2.42. The average molecular weight is 212 g/mol. The molecule has 2 unspecified atom stereocenters. The Bertz CT molecular complexity index is 150. The fourth-order valence-electron chi connectivity index (χ4n) is 3.03. The van der Waals surface area contributed by atoms with Gasteiger partial charge in [-0.25, -0.2) is 0 Å². The molecule has 0 spiro atoms. The minimum absolute atomic E-state index is 0.523. The standard InChI is InChI=1S/C13H26.C2H6/c1-10(2)11-8-6-7-9-12(11)13(3,4)5;1-2/h10-12H,6-9H2,1-5H3;1-2H3. The van der Waals surface area contributed by atoms with Crippen LogP contribution in [0.3, 0.4) is 0 Å². The summed E-state index contributed by atoms with van der Waals surface area (Å²) in [4.78, 5) is 0. The first-order valence-electron chi connectivity index (χ1n) is 6.93. The molecule has 0 saturated heterocycles. The monoisotopic (exact) mass is 212 g/mol. The molecule has 0 radical (unpaired) electrons.